The predicted octanol–water partition coefficient (Wildman–Crippen LogP) is 6.02. The molecule has 2 aromatic rings. The highest BCUT2D eigenvalue weighted by atomic mass is 14.9. The zero-order valence-electron chi connectivity index (χ0n) is 16.3. The van der Waals surface area contributed by atoms with Crippen LogP contribution in [0.3, 0.4) is 0 Å². The van der Waals surface area contributed by atoms with Gasteiger partial charge in [0.1, 0.15) is 0 Å². The van der Waals surface area contributed by atoms with E-state index in [9.17, 15) is 0 Å². The highest BCUT2D eigenvalue weighted by Gasteiger charge is 2.02. The van der Waals surface area contributed by atoms with E-state index >= 15 is 0 Å². The topological polar surface area (TPSA) is 94.1 Å². The Bertz CT molecular complexity index is 524. The maximum atomic E-state index is 3.51. The van der Waals surface area contributed by atoms with Gasteiger partial charge in [0.05, 0.1) is 0 Å². The van der Waals surface area contributed by atoms with Crippen molar-refractivity contribution in [2.75, 3.05) is 10.6 Å². The maximum Gasteiger partial charge on any atom is 0.0342 e. The monoisotopic (exact) mass is 344 g/mol. The van der Waals surface area contributed by atoms with Gasteiger partial charge in [-0.25, -0.2) is 0 Å². The molecule has 0 radical (unpaired) electrons. The Morgan fingerprint density at radius 1 is 0.640 bits per heavy atom. The molecule has 8 N–H and O–H groups in total. The molecule has 2 unspecified atom stereocenters. The predicted molar refractivity (Wildman–Crippen MR) is 112 cm³/mol. The third kappa shape index (κ3) is 7.59. The van der Waals surface area contributed by atoms with E-state index in [0.29, 0.717) is 12.1 Å². The fourth-order valence-corrected chi connectivity index (χ4v) is 2.45. The van der Waals surface area contributed by atoms with Crippen molar-refractivity contribution in [1.82, 2.24) is 12.3 Å². The fourth-order valence-electron chi connectivity index (χ4n) is 2.45. The molecule has 0 bridgehead atoms. The molecule has 0 spiro atoms. The molecule has 0 aliphatic rings. The molecule has 4 nitrogen and oxygen atoms in total. The first-order valence-corrected chi connectivity index (χ1v) is 8.81. The third-order valence-electron chi connectivity index (χ3n) is 4.37. The van der Waals surface area contributed by atoms with Crippen LogP contribution in [0.2, 0.25) is 0 Å². The maximum absolute atomic E-state index is 3.51. The van der Waals surface area contributed by atoms with Gasteiger partial charge in [-0.05, 0) is 68.5 Å². The minimum Gasteiger partial charge on any atom is -0.383 e. The Hall–Kier alpha value is -2.04. The largest absolute Gasteiger partial charge is 0.383 e. The standard InChI is InChI=1S/C21H30N2.2H3N/c1-5-16(3)22-20-11-7-18(8-12-20)15-19-9-13-21(14-10-19)23-17(4)6-2;;/h7-14,16-17,22-23H,5-6,15H2,1-4H3;2*1H3. The van der Waals surface area contributed by atoms with Gasteiger partial charge in [-0.15, -0.1) is 0 Å². The fraction of sp³-hybridized carbons (Fsp3) is 0.429. The van der Waals surface area contributed by atoms with Crippen molar-refractivity contribution in [3.8, 4) is 0 Å². The minimum atomic E-state index is 0. The SMILES string of the molecule is CCC(C)Nc1ccc(Cc2ccc(NC(C)CC)cc2)cc1.N.N. The molecule has 0 aliphatic carbocycles. The highest BCUT2D eigenvalue weighted by molar-refractivity contribution is 5.48. The van der Waals surface area contributed by atoms with Crippen LogP contribution in [0.5, 0.6) is 0 Å². The molecule has 140 valence electrons. The van der Waals surface area contributed by atoms with Crippen molar-refractivity contribution >= 4 is 11.4 Å². The van der Waals surface area contributed by atoms with Crippen LogP contribution in [-0.2, 0) is 6.42 Å². The number of rotatable bonds is 8. The Labute approximate surface area is 153 Å². The molecular weight excluding hydrogens is 308 g/mol. The average Bonchev–Trinajstić information content (AvgIpc) is 2.58. The molecule has 0 saturated carbocycles. The number of nitrogens with one attached hydrogen (secondary N) is 2. The Balaban J connectivity index is 0.00000288. The molecule has 25 heavy (non-hydrogen) atoms. The van der Waals surface area contributed by atoms with E-state index in [-0.39, 0.29) is 12.3 Å². The van der Waals surface area contributed by atoms with E-state index in [1.807, 2.05) is 0 Å². The van der Waals surface area contributed by atoms with Crippen molar-refractivity contribution in [2.24, 2.45) is 0 Å². The molecule has 0 fully saturated rings. The van der Waals surface area contributed by atoms with Gasteiger partial charge in [0, 0.05) is 23.5 Å². The lowest BCUT2D eigenvalue weighted by atomic mass is 10.0. The van der Waals surface area contributed by atoms with Crippen LogP contribution in [0.4, 0.5) is 11.4 Å². The van der Waals surface area contributed by atoms with Gasteiger partial charge in [0.15, 0.2) is 0 Å². The van der Waals surface area contributed by atoms with E-state index in [4.69, 9.17) is 0 Å². The summed E-state index contributed by atoms with van der Waals surface area (Å²) in [6, 6.07) is 18.6. The summed E-state index contributed by atoms with van der Waals surface area (Å²) in [4.78, 5) is 0. The quantitative estimate of drug-likeness (QED) is 0.471. The lowest BCUT2D eigenvalue weighted by molar-refractivity contribution is 0.764. The summed E-state index contributed by atoms with van der Waals surface area (Å²) < 4.78 is 0. The first kappa shape index (κ1) is 23.0. The first-order chi connectivity index (χ1) is 11.1. The Kier molecular flexibility index (Phi) is 10.6. The minimum absolute atomic E-state index is 0. The van der Waals surface area contributed by atoms with Crippen molar-refractivity contribution in [1.29, 1.82) is 0 Å². The summed E-state index contributed by atoms with van der Waals surface area (Å²) in [5.74, 6) is 0. The summed E-state index contributed by atoms with van der Waals surface area (Å²) in [5.41, 5.74) is 5.11. The van der Waals surface area contributed by atoms with E-state index in [0.717, 1.165) is 19.3 Å². The van der Waals surface area contributed by atoms with Crippen LogP contribution in [0.1, 0.15) is 51.7 Å². The van der Waals surface area contributed by atoms with Gasteiger partial charge >= 0.3 is 0 Å². The Morgan fingerprint density at radius 3 is 1.24 bits per heavy atom. The van der Waals surface area contributed by atoms with E-state index < -0.39 is 0 Å². The van der Waals surface area contributed by atoms with Crippen LogP contribution in [-0.4, -0.2) is 12.1 Å². The second-order valence-electron chi connectivity index (χ2n) is 6.48. The zero-order valence-corrected chi connectivity index (χ0v) is 16.3. The molecule has 0 amide bonds. The zero-order chi connectivity index (χ0) is 16.7. The van der Waals surface area contributed by atoms with Crippen LogP contribution in [0, 0.1) is 0 Å². The lowest BCUT2D eigenvalue weighted by Crippen LogP contribution is -2.13. The summed E-state index contributed by atoms with van der Waals surface area (Å²) in [5, 5.41) is 7.01. The third-order valence-corrected chi connectivity index (χ3v) is 4.37. The lowest BCUT2D eigenvalue weighted by Gasteiger charge is -2.14. The van der Waals surface area contributed by atoms with Crippen molar-refractivity contribution in [2.45, 2.75) is 59.0 Å². The summed E-state index contributed by atoms with van der Waals surface area (Å²) in [6.07, 6.45) is 3.25. The van der Waals surface area contributed by atoms with Gasteiger partial charge < -0.3 is 22.9 Å². The smallest absolute Gasteiger partial charge is 0.0342 e. The molecule has 0 saturated heterocycles. The molecule has 4 heteroatoms. The number of anilines is 2. The first-order valence-electron chi connectivity index (χ1n) is 8.81. The van der Waals surface area contributed by atoms with Crippen molar-refractivity contribution in [3.63, 3.8) is 0 Å². The van der Waals surface area contributed by atoms with E-state index in [1.54, 1.807) is 0 Å². The molecule has 0 heterocycles. The molecule has 0 aromatic heterocycles. The van der Waals surface area contributed by atoms with Crippen LogP contribution < -0.4 is 22.9 Å². The number of benzene rings is 2. The average molecular weight is 345 g/mol. The van der Waals surface area contributed by atoms with Gasteiger partial charge in [0.25, 0.3) is 0 Å². The van der Waals surface area contributed by atoms with Crippen molar-refractivity contribution < 1.29 is 0 Å². The molecule has 2 atom stereocenters. The van der Waals surface area contributed by atoms with Crippen LogP contribution >= 0.6 is 0 Å². The van der Waals surface area contributed by atoms with Crippen molar-refractivity contribution in [3.05, 3.63) is 59.7 Å². The van der Waals surface area contributed by atoms with Gasteiger partial charge in [-0.1, -0.05) is 38.1 Å². The molecule has 2 aromatic carbocycles. The summed E-state index contributed by atoms with van der Waals surface area (Å²) >= 11 is 0. The number of hydrogen-bond donors (Lipinski definition) is 4. The second-order valence-corrected chi connectivity index (χ2v) is 6.48. The normalized spacial score (nSPS) is 12.3. The highest BCUT2D eigenvalue weighted by Crippen LogP contribution is 2.17. The number of hydrogen-bond acceptors (Lipinski definition) is 4. The second kappa shape index (κ2) is 11.5. The summed E-state index contributed by atoms with van der Waals surface area (Å²) in [6.45, 7) is 8.82. The molecule has 2 rings (SSSR count). The Morgan fingerprint density at radius 2 is 0.960 bits per heavy atom. The van der Waals surface area contributed by atoms with Crippen LogP contribution in [0.15, 0.2) is 48.5 Å². The van der Waals surface area contributed by atoms with E-state index in [1.165, 1.54) is 22.5 Å². The van der Waals surface area contributed by atoms with Gasteiger partial charge in [-0.3, -0.25) is 0 Å². The van der Waals surface area contributed by atoms with Gasteiger partial charge in [-0.2, -0.15) is 0 Å². The van der Waals surface area contributed by atoms with Crippen LogP contribution in [0.25, 0.3) is 0 Å². The molecular formula is C21H36N4. The van der Waals surface area contributed by atoms with E-state index in [2.05, 4.69) is 86.9 Å². The summed E-state index contributed by atoms with van der Waals surface area (Å²) in [7, 11) is 0. The molecule has 0 aliphatic heterocycles. The van der Waals surface area contributed by atoms with Gasteiger partial charge in [0.2, 0.25) is 0 Å².